The summed E-state index contributed by atoms with van der Waals surface area (Å²) in [6, 6.07) is 13.4. The van der Waals surface area contributed by atoms with E-state index in [1.807, 2.05) is 0 Å². The average molecular weight is 225 g/mol. The van der Waals surface area contributed by atoms with Crippen molar-refractivity contribution >= 4 is 16.5 Å². The van der Waals surface area contributed by atoms with Gasteiger partial charge >= 0.3 is 0 Å². The summed E-state index contributed by atoms with van der Waals surface area (Å²) in [5, 5.41) is 2.75. The fourth-order valence-corrected chi connectivity index (χ4v) is 2.82. The Morgan fingerprint density at radius 1 is 0.941 bits per heavy atom. The van der Waals surface area contributed by atoms with E-state index in [1.54, 1.807) is 0 Å². The molecule has 0 unspecified atom stereocenters. The van der Waals surface area contributed by atoms with E-state index in [2.05, 4.69) is 48.2 Å². The number of hydrogen-bond donors (Lipinski definition) is 0. The van der Waals surface area contributed by atoms with Crippen LogP contribution in [0.1, 0.15) is 24.8 Å². The molecule has 0 bridgehead atoms. The molecule has 0 amide bonds. The van der Waals surface area contributed by atoms with E-state index in [-0.39, 0.29) is 0 Å². The van der Waals surface area contributed by atoms with Crippen LogP contribution in [0.4, 0.5) is 5.69 Å². The highest BCUT2D eigenvalue weighted by atomic mass is 15.1. The van der Waals surface area contributed by atoms with Crippen molar-refractivity contribution in [1.29, 1.82) is 0 Å². The molecule has 2 aromatic rings. The Bertz CT molecular complexity index is 524. The van der Waals surface area contributed by atoms with Crippen molar-refractivity contribution in [3.63, 3.8) is 0 Å². The molecule has 0 radical (unpaired) electrons. The van der Waals surface area contributed by atoms with Crippen LogP contribution < -0.4 is 4.90 Å². The zero-order valence-corrected chi connectivity index (χ0v) is 10.4. The van der Waals surface area contributed by atoms with E-state index in [9.17, 15) is 0 Å². The standard InChI is InChI=1S/C16H19N/c1-13-11-15(17-9-5-2-6-10-17)12-14-7-3-4-8-16(13)14/h3-4,7-8,11-12H,2,5-6,9-10H2,1H3. The molecule has 1 nitrogen and oxygen atoms in total. The first-order valence-electron chi connectivity index (χ1n) is 6.59. The van der Waals surface area contributed by atoms with Crippen molar-refractivity contribution in [1.82, 2.24) is 0 Å². The summed E-state index contributed by atoms with van der Waals surface area (Å²) in [5.74, 6) is 0. The SMILES string of the molecule is Cc1cc(N2CCCCC2)cc2ccccc12. The van der Waals surface area contributed by atoms with E-state index >= 15 is 0 Å². The summed E-state index contributed by atoms with van der Waals surface area (Å²) in [6.07, 6.45) is 4.07. The molecule has 0 spiro atoms. The van der Waals surface area contributed by atoms with Gasteiger partial charge < -0.3 is 4.90 Å². The Morgan fingerprint density at radius 3 is 2.53 bits per heavy atom. The Hall–Kier alpha value is -1.50. The van der Waals surface area contributed by atoms with Crippen molar-refractivity contribution < 1.29 is 0 Å². The maximum absolute atomic E-state index is 2.53. The Balaban J connectivity index is 2.05. The summed E-state index contributed by atoms with van der Waals surface area (Å²) in [6.45, 7) is 4.66. The Morgan fingerprint density at radius 2 is 1.71 bits per heavy atom. The molecule has 1 saturated heterocycles. The number of anilines is 1. The maximum Gasteiger partial charge on any atom is 0.0375 e. The minimum Gasteiger partial charge on any atom is -0.372 e. The van der Waals surface area contributed by atoms with Crippen LogP contribution in [0.2, 0.25) is 0 Å². The molecular weight excluding hydrogens is 206 g/mol. The van der Waals surface area contributed by atoms with Gasteiger partial charge in [-0.25, -0.2) is 0 Å². The quantitative estimate of drug-likeness (QED) is 0.705. The predicted octanol–water partition coefficient (Wildman–Crippen LogP) is 4.14. The Labute approximate surface area is 103 Å². The van der Waals surface area contributed by atoms with Gasteiger partial charge in [-0.2, -0.15) is 0 Å². The van der Waals surface area contributed by atoms with Crippen LogP contribution in [0.15, 0.2) is 36.4 Å². The molecular formula is C16H19N. The van der Waals surface area contributed by atoms with Crippen LogP contribution in [-0.2, 0) is 0 Å². The van der Waals surface area contributed by atoms with E-state index in [0.29, 0.717) is 0 Å². The molecule has 1 fully saturated rings. The van der Waals surface area contributed by atoms with Crippen LogP contribution in [-0.4, -0.2) is 13.1 Å². The highest BCUT2D eigenvalue weighted by Gasteiger charge is 2.11. The minimum absolute atomic E-state index is 1.22. The van der Waals surface area contributed by atoms with Gasteiger partial charge in [0.25, 0.3) is 0 Å². The zero-order valence-electron chi connectivity index (χ0n) is 10.4. The number of nitrogens with zero attached hydrogens (tertiary/aromatic N) is 1. The number of benzene rings is 2. The monoisotopic (exact) mass is 225 g/mol. The summed E-state index contributed by atoms with van der Waals surface area (Å²) in [4.78, 5) is 2.53. The molecule has 1 heterocycles. The first kappa shape index (κ1) is 10.6. The molecule has 0 N–H and O–H groups in total. The molecule has 1 aliphatic rings. The van der Waals surface area contributed by atoms with Crippen LogP contribution >= 0.6 is 0 Å². The largest absolute Gasteiger partial charge is 0.372 e. The lowest BCUT2D eigenvalue weighted by Gasteiger charge is -2.29. The summed E-state index contributed by atoms with van der Waals surface area (Å²) >= 11 is 0. The van der Waals surface area contributed by atoms with Crippen molar-refractivity contribution in [2.24, 2.45) is 0 Å². The van der Waals surface area contributed by atoms with Gasteiger partial charge in [0.2, 0.25) is 0 Å². The number of rotatable bonds is 1. The fraction of sp³-hybridized carbons (Fsp3) is 0.375. The maximum atomic E-state index is 2.53. The van der Waals surface area contributed by atoms with E-state index in [4.69, 9.17) is 0 Å². The molecule has 2 aromatic carbocycles. The highest BCUT2D eigenvalue weighted by molar-refractivity contribution is 5.89. The predicted molar refractivity (Wildman–Crippen MR) is 74.7 cm³/mol. The van der Waals surface area contributed by atoms with Crippen LogP contribution in [0.3, 0.4) is 0 Å². The lowest BCUT2D eigenvalue weighted by atomic mass is 10.0. The first-order chi connectivity index (χ1) is 8.34. The fourth-order valence-electron chi connectivity index (χ4n) is 2.82. The molecule has 17 heavy (non-hydrogen) atoms. The topological polar surface area (TPSA) is 3.24 Å². The van der Waals surface area contributed by atoms with Gasteiger partial charge in [-0.3, -0.25) is 0 Å². The molecule has 1 aliphatic heterocycles. The van der Waals surface area contributed by atoms with E-state index < -0.39 is 0 Å². The van der Waals surface area contributed by atoms with Crippen LogP contribution in [0.25, 0.3) is 10.8 Å². The summed E-state index contributed by atoms with van der Waals surface area (Å²) in [7, 11) is 0. The second-order valence-electron chi connectivity index (χ2n) is 5.03. The average Bonchev–Trinajstić information content (AvgIpc) is 2.40. The summed E-state index contributed by atoms with van der Waals surface area (Å²) in [5.41, 5.74) is 2.80. The molecule has 0 aliphatic carbocycles. The molecule has 3 rings (SSSR count). The third-order valence-electron chi connectivity index (χ3n) is 3.77. The Kier molecular flexibility index (Phi) is 2.76. The zero-order chi connectivity index (χ0) is 11.7. The van der Waals surface area contributed by atoms with Gasteiger partial charge in [-0.15, -0.1) is 0 Å². The smallest absolute Gasteiger partial charge is 0.0375 e. The third kappa shape index (κ3) is 2.02. The van der Waals surface area contributed by atoms with Gasteiger partial charge in [0.1, 0.15) is 0 Å². The van der Waals surface area contributed by atoms with Gasteiger partial charge in [-0.1, -0.05) is 24.3 Å². The third-order valence-corrected chi connectivity index (χ3v) is 3.77. The van der Waals surface area contributed by atoms with Gasteiger partial charge in [-0.05, 0) is 54.7 Å². The van der Waals surface area contributed by atoms with Crippen molar-refractivity contribution in [2.75, 3.05) is 18.0 Å². The second kappa shape index (κ2) is 4.40. The van der Waals surface area contributed by atoms with E-state index in [1.165, 1.54) is 54.4 Å². The number of aryl methyl sites for hydroxylation is 1. The lowest BCUT2D eigenvalue weighted by Crippen LogP contribution is -2.29. The molecule has 88 valence electrons. The van der Waals surface area contributed by atoms with Crippen LogP contribution in [0.5, 0.6) is 0 Å². The number of piperidine rings is 1. The van der Waals surface area contributed by atoms with Gasteiger partial charge in [0.05, 0.1) is 0 Å². The second-order valence-corrected chi connectivity index (χ2v) is 5.03. The normalized spacial score (nSPS) is 16.4. The number of fused-ring (bicyclic) bond motifs is 1. The number of hydrogen-bond acceptors (Lipinski definition) is 1. The van der Waals surface area contributed by atoms with Crippen LogP contribution in [0, 0.1) is 6.92 Å². The van der Waals surface area contributed by atoms with Crippen molar-refractivity contribution in [2.45, 2.75) is 26.2 Å². The van der Waals surface area contributed by atoms with Crippen molar-refractivity contribution in [3.05, 3.63) is 42.0 Å². The first-order valence-corrected chi connectivity index (χ1v) is 6.59. The van der Waals surface area contributed by atoms with E-state index in [0.717, 1.165) is 0 Å². The van der Waals surface area contributed by atoms with Gasteiger partial charge in [0, 0.05) is 18.8 Å². The summed E-state index contributed by atoms with van der Waals surface area (Å²) < 4.78 is 0. The molecule has 0 aromatic heterocycles. The van der Waals surface area contributed by atoms with Gasteiger partial charge in [0.15, 0.2) is 0 Å². The molecule has 1 heteroatoms. The minimum atomic E-state index is 1.22. The molecule has 0 atom stereocenters. The van der Waals surface area contributed by atoms with Crippen molar-refractivity contribution in [3.8, 4) is 0 Å². The molecule has 0 saturated carbocycles. The highest BCUT2D eigenvalue weighted by Crippen LogP contribution is 2.27. The lowest BCUT2D eigenvalue weighted by molar-refractivity contribution is 0.578.